The molecule has 1 aliphatic heterocycles. The van der Waals surface area contributed by atoms with Crippen LogP contribution in [0, 0.1) is 6.92 Å². The van der Waals surface area contributed by atoms with Crippen LogP contribution in [0.2, 0.25) is 0 Å². The smallest absolute Gasteiger partial charge is 0.137 e. The highest BCUT2D eigenvalue weighted by Gasteiger charge is 2.21. The second kappa shape index (κ2) is 4.65. The Morgan fingerprint density at radius 3 is 3.12 bits per heavy atom. The molecule has 1 aliphatic rings. The van der Waals surface area contributed by atoms with Crippen LogP contribution >= 0.6 is 0 Å². The van der Waals surface area contributed by atoms with Gasteiger partial charge in [0.05, 0.1) is 12.7 Å². The number of nitrogens with two attached hydrogens (primary N) is 1. The number of ether oxygens (including phenoxy) is 1. The van der Waals surface area contributed by atoms with Crippen molar-refractivity contribution in [2.45, 2.75) is 26.4 Å². The third-order valence-corrected chi connectivity index (χ3v) is 2.99. The van der Waals surface area contributed by atoms with Crippen LogP contribution in [0.5, 0.6) is 0 Å². The monoisotopic (exact) mass is 222 g/mol. The average Bonchev–Trinajstić information content (AvgIpc) is 2.33. The average molecular weight is 222 g/mol. The molecule has 1 atom stereocenters. The summed E-state index contributed by atoms with van der Waals surface area (Å²) in [7, 11) is 0. The van der Waals surface area contributed by atoms with Gasteiger partial charge in [0.15, 0.2) is 0 Å². The lowest BCUT2D eigenvalue weighted by atomic mass is 10.2. The van der Waals surface area contributed by atoms with E-state index in [-0.39, 0.29) is 0 Å². The minimum atomic E-state index is 0.296. The van der Waals surface area contributed by atoms with E-state index in [2.05, 4.69) is 21.8 Å². The van der Waals surface area contributed by atoms with Crippen LogP contribution in [0.25, 0.3) is 0 Å². The minimum absolute atomic E-state index is 0.296. The molecular formula is C11H18N4O. The van der Waals surface area contributed by atoms with Crippen molar-refractivity contribution in [1.29, 1.82) is 0 Å². The minimum Gasteiger partial charge on any atom is -0.383 e. The number of nitrogens with zero attached hydrogens (tertiary/aromatic N) is 3. The lowest BCUT2D eigenvalue weighted by Gasteiger charge is -2.34. The van der Waals surface area contributed by atoms with Gasteiger partial charge >= 0.3 is 0 Å². The molecule has 1 aromatic rings. The molecule has 0 spiro atoms. The van der Waals surface area contributed by atoms with Crippen LogP contribution in [0.4, 0.5) is 11.6 Å². The fraction of sp³-hybridized carbons (Fsp3) is 0.636. The third kappa shape index (κ3) is 2.09. The Bertz CT molecular complexity index is 369. The highest BCUT2D eigenvalue weighted by molar-refractivity contribution is 5.55. The molecule has 0 bridgehead atoms. The SMILES string of the molecule is CCC1CN(c2ncnc(N)c2C)CCO1. The fourth-order valence-corrected chi connectivity index (χ4v) is 1.93. The van der Waals surface area contributed by atoms with Crippen molar-refractivity contribution in [2.75, 3.05) is 30.3 Å². The predicted octanol–water partition coefficient (Wildman–Crippen LogP) is 0.982. The third-order valence-electron chi connectivity index (χ3n) is 2.99. The van der Waals surface area contributed by atoms with Gasteiger partial charge in [-0.3, -0.25) is 0 Å². The fourth-order valence-electron chi connectivity index (χ4n) is 1.93. The topological polar surface area (TPSA) is 64.3 Å². The first-order valence-electron chi connectivity index (χ1n) is 5.66. The van der Waals surface area contributed by atoms with Crippen LogP contribution in [0.3, 0.4) is 0 Å². The molecular weight excluding hydrogens is 204 g/mol. The molecule has 1 unspecified atom stereocenters. The Morgan fingerprint density at radius 2 is 2.38 bits per heavy atom. The Kier molecular flexibility index (Phi) is 3.24. The van der Waals surface area contributed by atoms with E-state index in [9.17, 15) is 0 Å². The molecule has 5 nitrogen and oxygen atoms in total. The summed E-state index contributed by atoms with van der Waals surface area (Å²) in [4.78, 5) is 10.5. The number of rotatable bonds is 2. The normalized spacial score (nSPS) is 21.1. The maximum absolute atomic E-state index is 5.79. The van der Waals surface area contributed by atoms with Gasteiger partial charge in [-0.05, 0) is 13.3 Å². The van der Waals surface area contributed by atoms with E-state index in [1.54, 1.807) is 0 Å². The van der Waals surface area contributed by atoms with Gasteiger partial charge in [-0.25, -0.2) is 9.97 Å². The van der Waals surface area contributed by atoms with Crippen molar-refractivity contribution in [3.05, 3.63) is 11.9 Å². The van der Waals surface area contributed by atoms with Crippen LogP contribution in [0.15, 0.2) is 6.33 Å². The number of aromatic nitrogens is 2. The van der Waals surface area contributed by atoms with Crippen LogP contribution in [0.1, 0.15) is 18.9 Å². The largest absolute Gasteiger partial charge is 0.383 e. The van der Waals surface area contributed by atoms with E-state index in [4.69, 9.17) is 10.5 Å². The number of hydrogen-bond donors (Lipinski definition) is 1. The lowest BCUT2D eigenvalue weighted by molar-refractivity contribution is 0.0381. The molecule has 2 rings (SSSR count). The summed E-state index contributed by atoms with van der Waals surface area (Å²) in [6, 6.07) is 0. The Morgan fingerprint density at radius 1 is 1.56 bits per heavy atom. The van der Waals surface area contributed by atoms with Crippen LogP contribution in [-0.4, -0.2) is 35.8 Å². The Labute approximate surface area is 95.6 Å². The molecule has 2 heterocycles. The van der Waals surface area contributed by atoms with E-state index >= 15 is 0 Å². The van der Waals surface area contributed by atoms with Gasteiger partial charge in [-0.1, -0.05) is 6.92 Å². The summed E-state index contributed by atoms with van der Waals surface area (Å²) in [5.74, 6) is 1.50. The van der Waals surface area contributed by atoms with E-state index in [0.29, 0.717) is 11.9 Å². The van der Waals surface area contributed by atoms with Crippen molar-refractivity contribution in [3.63, 3.8) is 0 Å². The highest BCUT2D eigenvalue weighted by Crippen LogP contribution is 2.22. The number of morpholine rings is 1. The Balaban J connectivity index is 2.20. The first-order chi connectivity index (χ1) is 7.72. The molecule has 2 N–H and O–H groups in total. The Hall–Kier alpha value is -1.36. The van der Waals surface area contributed by atoms with Crippen molar-refractivity contribution in [2.24, 2.45) is 0 Å². The van der Waals surface area contributed by atoms with Gasteiger partial charge in [0, 0.05) is 18.7 Å². The first-order valence-corrected chi connectivity index (χ1v) is 5.66. The van der Waals surface area contributed by atoms with Gasteiger partial charge in [0.1, 0.15) is 18.0 Å². The molecule has 0 radical (unpaired) electrons. The molecule has 0 saturated carbocycles. The van der Waals surface area contributed by atoms with Gasteiger partial charge in [-0.15, -0.1) is 0 Å². The quantitative estimate of drug-likeness (QED) is 0.808. The number of anilines is 2. The molecule has 1 fully saturated rings. The molecule has 1 aromatic heterocycles. The van der Waals surface area contributed by atoms with Gasteiger partial charge < -0.3 is 15.4 Å². The van der Waals surface area contributed by atoms with E-state index in [1.165, 1.54) is 6.33 Å². The lowest BCUT2D eigenvalue weighted by Crippen LogP contribution is -2.43. The molecule has 0 amide bonds. The van der Waals surface area contributed by atoms with Crippen molar-refractivity contribution < 1.29 is 4.74 Å². The molecule has 0 aromatic carbocycles. The van der Waals surface area contributed by atoms with Gasteiger partial charge in [-0.2, -0.15) is 0 Å². The van der Waals surface area contributed by atoms with Crippen LogP contribution < -0.4 is 10.6 Å². The summed E-state index contributed by atoms with van der Waals surface area (Å²) < 4.78 is 5.63. The molecule has 5 heteroatoms. The van der Waals surface area contributed by atoms with Crippen molar-refractivity contribution in [1.82, 2.24) is 9.97 Å². The second-order valence-corrected chi connectivity index (χ2v) is 4.05. The van der Waals surface area contributed by atoms with Crippen LogP contribution in [-0.2, 0) is 4.74 Å². The van der Waals surface area contributed by atoms with Gasteiger partial charge in [0.2, 0.25) is 0 Å². The number of hydrogen-bond acceptors (Lipinski definition) is 5. The second-order valence-electron chi connectivity index (χ2n) is 4.05. The van der Waals surface area contributed by atoms with Gasteiger partial charge in [0.25, 0.3) is 0 Å². The molecule has 1 saturated heterocycles. The zero-order valence-corrected chi connectivity index (χ0v) is 9.81. The van der Waals surface area contributed by atoms with Crippen molar-refractivity contribution >= 4 is 11.6 Å². The molecule has 88 valence electrons. The summed E-state index contributed by atoms with van der Waals surface area (Å²) >= 11 is 0. The maximum Gasteiger partial charge on any atom is 0.137 e. The van der Waals surface area contributed by atoms with E-state index in [1.807, 2.05) is 6.92 Å². The zero-order chi connectivity index (χ0) is 11.5. The van der Waals surface area contributed by atoms with E-state index < -0.39 is 0 Å². The summed E-state index contributed by atoms with van der Waals surface area (Å²) in [5, 5.41) is 0. The van der Waals surface area contributed by atoms with E-state index in [0.717, 1.165) is 37.5 Å². The molecule has 0 aliphatic carbocycles. The maximum atomic E-state index is 5.79. The standard InChI is InChI=1S/C11H18N4O/c1-3-9-6-15(4-5-16-9)11-8(2)10(12)13-7-14-11/h7,9H,3-6H2,1-2H3,(H2,12,13,14). The predicted molar refractivity (Wildman–Crippen MR) is 63.4 cm³/mol. The van der Waals surface area contributed by atoms with Crippen molar-refractivity contribution in [3.8, 4) is 0 Å². The molecule has 16 heavy (non-hydrogen) atoms. The highest BCUT2D eigenvalue weighted by atomic mass is 16.5. The number of nitrogen functional groups attached to an aromatic ring is 1. The first kappa shape index (κ1) is 11.1. The summed E-state index contributed by atoms with van der Waals surface area (Å²) in [6.07, 6.45) is 2.84. The summed E-state index contributed by atoms with van der Waals surface area (Å²) in [6.45, 7) is 6.60. The zero-order valence-electron chi connectivity index (χ0n) is 9.81. The summed E-state index contributed by atoms with van der Waals surface area (Å²) in [5.41, 5.74) is 6.74.